The third-order valence-corrected chi connectivity index (χ3v) is 3.34. The summed E-state index contributed by atoms with van der Waals surface area (Å²) >= 11 is 11.1. The number of rotatable bonds is 5. The number of nitrogens with zero attached hydrogens (tertiary/aromatic N) is 2. The summed E-state index contributed by atoms with van der Waals surface area (Å²) in [6.07, 6.45) is 1.53. The van der Waals surface area contributed by atoms with Gasteiger partial charge in [-0.2, -0.15) is 13.9 Å². The number of hydrogen-bond donors (Lipinski definition) is 2. The fourth-order valence-corrected chi connectivity index (χ4v) is 2.15. The minimum absolute atomic E-state index is 0.0141. The highest BCUT2D eigenvalue weighted by Crippen LogP contribution is 2.25. The van der Waals surface area contributed by atoms with Gasteiger partial charge in [0, 0.05) is 7.05 Å². The van der Waals surface area contributed by atoms with Gasteiger partial charge < -0.3 is 15.4 Å². The first-order chi connectivity index (χ1) is 10.5. The highest BCUT2D eigenvalue weighted by Gasteiger charge is 2.11. The van der Waals surface area contributed by atoms with Crippen LogP contribution in [0.15, 0.2) is 30.5 Å². The molecular weight excluding hydrogens is 334 g/mol. The van der Waals surface area contributed by atoms with Crippen molar-refractivity contribution in [2.75, 3.05) is 5.32 Å². The zero-order valence-electron chi connectivity index (χ0n) is 11.5. The second-order valence-corrected chi connectivity index (χ2v) is 5.06. The van der Waals surface area contributed by atoms with Crippen LogP contribution in [-0.2, 0) is 13.6 Å². The van der Waals surface area contributed by atoms with Crippen LogP contribution in [-0.4, -0.2) is 21.5 Å². The predicted molar refractivity (Wildman–Crippen MR) is 84.4 cm³/mol. The molecule has 0 saturated carbocycles. The van der Waals surface area contributed by atoms with E-state index in [1.165, 1.54) is 12.3 Å². The third kappa shape index (κ3) is 4.28. The van der Waals surface area contributed by atoms with Crippen molar-refractivity contribution in [2.24, 2.45) is 7.05 Å². The van der Waals surface area contributed by atoms with Crippen molar-refractivity contribution in [3.05, 3.63) is 41.2 Å². The van der Waals surface area contributed by atoms with Gasteiger partial charge in [-0.3, -0.25) is 4.68 Å². The molecule has 0 aliphatic rings. The van der Waals surface area contributed by atoms with Crippen LogP contribution in [0.1, 0.15) is 5.69 Å². The first kappa shape index (κ1) is 16.4. The molecule has 2 N–H and O–H groups in total. The van der Waals surface area contributed by atoms with E-state index in [-0.39, 0.29) is 10.9 Å². The Bertz CT molecular complexity index is 646. The van der Waals surface area contributed by atoms with Gasteiger partial charge in [-0.1, -0.05) is 23.7 Å². The SMILES string of the molecule is Cn1ncc(Cl)c1CNC(=S)Nc1ccccc1OC(F)F. The molecule has 0 aliphatic heterocycles. The number of halogens is 3. The topological polar surface area (TPSA) is 51.1 Å². The Morgan fingerprint density at radius 3 is 2.82 bits per heavy atom. The molecule has 0 saturated heterocycles. The number of anilines is 1. The Balaban J connectivity index is 1.98. The van der Waals surface area contributed by atoms with Crippen LogP contribution in [0.4, 0.5) is 14.5 Å². The van der Waals surface area contributed by atoms with E-state index in [9.17, 15) is 8.78 Å². The molecule has 1 aromatic carbocycles. The quantitative estimate of drug-likeness (QED) is 0.814. The molecule has 22 heavy (non-hydrogen) atoms. The fraction of sp³-hybridized carbons (Fsp3) is 0.231. The Hall–Kier alpha value is -1.93. The number of aromatic nitrogens is 2. The van der Waals surface area contributed by atoms with Gasteiger partial charge >= 0.3 is 6.61 Å². The summed E-state index contributed by atoms with van der Waals surface area (Å²) in [7, 11) is 1.76. The van der Waals surface area contributed by atoms with Crippen LogP contribution < -0.4 is 15.4 Å². The number of hydrogen-bond acceptors (Lipinski definition) is 3. The summed E-state index contributed by atoms with van der Waals surface area (Å²) in [5, 5.41) is 10.5. The lowest BCUT2D eigenvalue weighted by Crippen LogP contribution is -2.29. The Kier molecular flexibility index (Phi) is 5.51. The van der Waals surface area contributed by atoms with E-state index in [4.69, 9.17) is 23.8 Å². The standard InChI is InChI=1S/C13H13ClF2N4OS/c1-20-10(8(14)6-18-20)7-17-13(22)19-9-4-2-3-5-11(9)21-12(15)16/h2-6,12H,7H2,1H3,(H2,17,19,22). The number of para-hydroxylation sites is 2. The molecule has 0 bridgehead atoms. The van der Waals surface area contributed by atoms with Crippen molar-refractivity contribution in [1.29, 1.82) is 0 Å². The monoisotopic (exact) mass is 346 g/mol. The van der Waals surface area contributed by atoms with E-state index in [2.05, 4.69) is 20.5 Å². The second-order valence-electron chi connectivity index (χ2n) is 4.25. The molecule has 1 aromatic heterocycles. The normalized spacial score (nSPS) is 10.6. The zero-order valence-corrected chi connectivity index (χ0v) is 13.1. The minimum atomic E-state index is -2.90. The van der Waals surface area contributed by atoms with Crippen molar-refractivity contribution in [3.8, 4) is 5.75 Å². The number of nitrogens with one attached hydrogen (secondary N) is 2. The molecule has 1 heterocycles. The van der Waals surface area contributed by atoms with Gasteiger partial charge in [0.1, 0.15) is 5.75 Å². The molecule has 0 amide bonds. The molecule has 0 radical (unpaired) electrons. The molecule has 5 nitrogen and oxygen atoms in total. The van der Waals surface area contributed by atoms with Gasteiger partial charge in [-0.15, -0.1) is 0 Å². The molecule has 0 unspecified atom stereocenters. The number of aryl methyl sites for hydroxylation is 1. The molecule has 0 atom stereocenters. The molecule has 0 aliphatic carbocycles. The first-order valence-corrected chi connectivity index (χ1v) is 7.01. The molecule has 118 valence electrons. The smallest absolute Gasteiger partial charge is 0.387 e. The predicted octanol–water partition coefficient (Wildman–Crippen LogP) is 3.16. The van der Waals surface area contributed by atoms with Crippen molar-refractivity contribution in [2.45, 2.75) is 13.2 Å². The van der Waals surface area contributed by atoms with Crippen molar-refractivity contribution in [3.63, 3.8) is 0 Å². The summed E-state index contributed by atoms with van der Waals surface area (Å²) in [5.41, 5.74) is 1.10. The summed E-state index contributed by atoms with van der Waals surface area (Å²) in [6.45, 7) is -2.56. The van der Waals surface area contributed by atoms with Crippen LogP contribution in [0.5, 0.6) is 5.75 Å². The second kappa shape index (κ2) is 7.37. The van der Waals surface area contributed by atoms with Crippen LogP contribution in [0.2, 0.25) is 5.02 Å². The first-order valence-electron chi connectivity index (χ1n) is 6.22. The van der Waals surface area contributed by atoms with E-state index >= 15 is 0 Å². The number of ether oxygens (including phenoxy) is 1. The number of benzene rings is 1. The van der Waals surface area contributed by atoms with E-state index in [0.717, 1.165) is 5.69 Å². The maximum absolute atomic E-state index is 12.3. The van der Waals surface area contributed by atoms with Gasteiger partial charge in [0.25, 0.3) is 0 Å². The maximum atomic E-state index is 12.3. The van der Waals surface area contributed by atoms with Crippen molar-refractivity contribution >= 4 is 34.6 Å². The number of thiocarbonyl (C=S) groups is 1. The minimum Gasteiger partial charge on any atom is -0.433 e. The van der Waals surface area contributed by atoms with Crippen molar-refractivity contribution < 1.29 is 13.5 Å². The summed E-state index contributed by atoms with van der Waals surface area (Å²) in [6, 6.07) is 6.29. The molecule has 2 rings (SSSR count). The lowest BCUT2D eigenvalue weighted by atomic mass is 10.3. The third-order valence-electron chi connectivity index (χ3n) is 2.78. The van der Waals surface area contributed by atoms with E-state index in [1.807, 2.05) is 0 Å². The zero-order chi connectivity index (χ0) is 16.1. The van der Waals surface area contributed by atoms with Gasteiger partial charge in [0.05, 0.1) is 29.1 Å². The lowest BCUT2D eigenvalue weighted by Gasteiger charge is -2.14. The maximum Gasteiger partial charge on any atom is 0.387 e. The highest BCUT2D eigenvalue weighted by atomic mass is 35.5. The molecule has 2 aromatic rings. The number of alkyl halides is 2. The molecular formula is C13H13ClF2N4OS. The van der Waals surface area contributed by atoms with E-state index < -0.39 is 6.61 Å². The van der Waals surface area contributed by atoms with Gasteiger partial charge in [-0.05, 0) is 24.4 Å². The van der Waals surface area contributed by atoms with Crippen LogP contribution in [0.3, 0.4) is 0 Å². The largest absolute Gasteiger partial charge is 0.433 e. The summed E-state index contributed by atoms with van der Waals surface area (Å²) in [4.78, 5) is 0. The summed E-state index contributed by atoms with van der Waals surface area (Å²) < 4.78 is 30.7. The van der Waals surface area contributed by atoms with Crippen molar-refractivity contribution in [1.82, 2.24) is 15.1 Å². The fourth-order valence-electron chi connectivity index (χ4n) is 1.73. The molecule has 0 fully saturated rings. The highest BCUT2D eigenvalue weighted by molar-refractivity contribution is 7.80. The Morgan fingerprint density at radius 1 is 1.45 bits per heavy atom. The molecule has 9 heteroatoms. The van der Waals surface area contributed by atoms with Gasteiger partial charge in [0.15, 0.2) is 5.11 Å². The van der Waals surface area contributed by atoms with Gasteiger partial charge in [0.2, 0.25) is 0 Å². The Labute approximate surface area is 136 Å². The van der Waals surface area contributed by atoms with Gasteiger partial charge in [-0.25, -0.2) is 0 Å². The lowest BCUT2D eigenvalue weighted by molar-refractivity contribution is -0.0493. The van der Waals surface area contributed by atoms with Crippen LogP contribution in [0, 0.1) is 0 Å². The Morgan fingerprint density at radius 2 is 2.18 bits per heavy atom. The van der Waals surface area contributed by atoms with E-state index in [1.54, 1.807) is 29.9 Å². The van der Waals surface area contributed by atoms with E-state index in [0.29, 0.717) is 17.3 Å². The van der Waals surface area contributed by atoms with Crippen LogP contribution in [0.25, 0.3) is 0 Å². The average Bonchev–Trinajstić information content (AvgIpc) is 2.77. The molecule has 0 spiro atoms. The summed E-state index contributed by atoms with van der Waals surface area (Å²) in [5.74, 6) is 0.0141. The average molecular weight is 347 g/mol. The van der Waals surface area contributed by atoms with Crippen LogP contribution >= 0.6 is 23.8 Å².